The van der Waals surface area contributed by atoms with Gasteiger partial charge in [0.15, 0.2) is 11.6 Å². The van der Waals surface area contributed by atoms with Crippen LogP contribution < -0.4 is 9.47 Å². The van der Waals surface area contributed by atoms with E-state index < -0.39 is 29.1 Å². The van der Waals surface area contributed by atoms with Crippen molar-refractivity contribution in [3.63, 3.8) is 0 Å². The predicted octanol–water partition coefficient (Wildman–Crippen LogP) is 9.20. The zero-order valence-corrected chi connectivity index (χ0v) is 40.8. The van der Waals surface area contributed by atoms with Crippen LogP contribution in [0, 0.1) is 0 Å². The lowest BCUT2D eigenvalue weighted by molar-refractivity contribution is -0.137. The molecule has 0 spiro atoms. The molecule has 2 fully saturated rings. The molecule has 0 aromatic heterocycles. The average Bonchev–Trinajstić information content (AvgIpc) is 3.34. The number of hydrogen-bond acceptors (Lipinski definition) is 12. The number of rotatable bonds is 27. The van der Waals surface area contributed by atoms with E-state index in [9.17, 15) is 19.5 Å². The smallest absolute Gasteiger partial charge is 0.304 e. The number of aliphatic carboxylic acids is 2. The summed E-state index contributed by atoms with van der Waals surface area (Å²) in [5, 5.41) is 18.3. The number of ketones is 2. The van der Waals surface area contributed by atoms with E-state index in [2.05, 4.69) is 16.4 Å². The first-order chi connectivity index (χ1) is 33.0. The first-order valence-corrected chi connectivity index (χ1v) is 25.3. The largest absolute Gasteiger partial charge is 0.494 e. The average molecular weight is 965 g/mol. The Hall–Kier alpha value is -5.22. The summed E-state index contributed by atoms with van der Waals surface area (Å²) in [6.45, 7) is 12.4. The monoisotopic (exact) mass is 964 g/mol. The standard InChI is InChI=1S/C54H64N2O10S2/c1-4-26-53(55-28-31-63-32-29-55,51(61)42-14-20-47(21-15-42)67-34-24-49(57)58)27-8-11-46-39-56(30-33-66-46)54(37-40-12-18-44(19-13-40)64-5-2,38-41-9-7-10-45(36-41)65-6-3)52(62)43-16-22-48(23-17-43)68-35-25-50(59)60/h4,7-23,36,46H,1,5-6,24-35,37-39H2,2-3H3,(H,57,58)(H,59,60)/b11-8+/t46?,53-,54?/m1/s1. The summed E-state index contributed by atoms with van der Waals surface area (Å²) < 4.78 is 24.0. The maximum absolute atomic E-state index is 15.6. The summed E-state index contributed by atoms with van der Waals surface area (Å²) in [6, 6.07) is 30.8. The minimum Gasteiger partial charge on any atom is -0.494 e. The number of nitrogens with zero attached hydrogens (tertiary/aromatic N) is 2. The number of Topliss-reactive ketones (excluding diaryl/α,β-unsaturated/α-hetero) is 2. The molecule has 68 heavy (non-hydrogen) atoms. The molecule has 2 heterocycles. The summed E-state index contributed by atoms with van der Waals surface area (Å²) in [5.41, 5.74) is 0.966. The molecule has 2 aliphatic heterocycles. The van der Waals surface area contributed by atoms with Gasteiger partial charge in [0.25, 0.3) is 0 Å². The fourth-order valence-corrected chi connectivity index (χ4v) is 10.7. The molecule has 0 radical (unpaired) electrons. The predicted molar refractivity (Wildman–Crippen MR) is 268 cm³/mol. The lowest BCUT2D eigenvalue weighted by Crippen LogP contribution is -2.62. The summed E-state index contributed by atoms with van der Waals surface area (Å²) >= 11 is 2.88. The zero-order chi connectivity index (χ0) is 48.4. The van der Waals surface area contributed by atoms with Gasteiger partial charge in [0, 0.05) is 58.6 Å². The quantitative estimate of drug-likeness (QED) is 0.0332. The van der Waals surface area contributed by atoms with Crippen LogP contribution in [0.2, 0.25) is 0 Å². The highest BCUT2D eigenvalue weighted by Crippen LogP contribution is 2.36. The Balaban J connectivity index is 1.35. The van der Waals surface area contributed by atoms with E-state index >= 15 is 4.79 Å². The second kappa shape index (κ2) is 26.0. The number of carboxylic acids is 2. The van der Waals surface area contributed by atoms with E-state index in [1.54, 1.807) is 6.08 Å². The van der Waals surface area contributed by atoms with Crippen molar-refractivity contribution in [2.24, 2.45) is 0 Å². The minimum absolute atomic E-state index is 0.0298. The molecule has 6 rings (SSSR count). The Labute approximate surface area is 409 Å². The first-order valence-electron chi connectivity index (χ1n) is 23.4. The van der Waals surface area contributed by atoms with Gasteiger partial charge in [0.2, 0.25) is 0 Å². The molecule has 2 saturated heterocycles. The van der Waals surface area contributed by atoms with Crippen LogP contribution >= 0.6 is 23.5 Å². The molecular weight excluding hydrogens is 901 g/mol. The lowest BCUT2D eigenvalue weighted by atomic mass is 9.76. The van der Waals surface area contributed by atoms with E-state index in [4.69, 9.17) is 24.1 Å². The fourth-order valence-electron chi connectivity index (χ4n) is 9.00. The van der Waals surface area contributed by atoms with Gasteiger partial charge in [-0.25, -0.2) is 0 Å². The van der Waals surface area contributed by atoms with E-state index in [0.29, 0.717) is 108 Å². The molecule has 3 atom stereocenters. The Morgan fingerprint density at radius 3 is 1.82 bits per heavy atom. The highest BCUT2D eigenvalue weighted by Gasteiger charge is 2.47. The molecule has 14 heteroatoms. The third-order valence-electron chi connectivity index (χ3n) is 12.3. The van der Waals surface area contributed by atoms with Gasteiger partial charge in [-0.1, -0.05) is 66.8 Å². The van der Waals surface area contributed by atoms with E-state index in [1.807, 2.05) is 123 Å². The normalized spacial score (nSPS) is 17.5. The molecule has 0 bridgehead atoms. The highest BCUT2D eigenvalue weighted by atomic mass is 32.2. The van der Waals surface area contributed by atoms with E-state index in [-0.39, 0.29) is 24.4 Å². The van der Waals surface area contributed by atoms with Crippen LogP contribution in [0.5, 0.6) is 11.5 Å². The van der Waals surface area contributed by atoms with Crippen molar-refractivity contribution in [3.8, 4) is 11.5 Å². The number of carbonyl (C=O) groups excluding carboxylic acids is 2. The van der Waals surface area contributed by atoms with Crippen LogP contribution in [0.3, 0.4) is 0 Å². The van der Waals surface area contributed by atoms with Gasteiger partial charge in [-0.2, -0.15) is 0 Å². The van der Waals surface area contributed by atoms with Gasteiger partial charge in [-0.15, -0.1) is 30.1 Å². The lowest BCUT2D eigenvalue weighted by Gasteiger charge is -2.47. The van der Waals surface area contributed by atoms with Crippen LogP contribution in [-0.2, 0) is 31.9 Å². The molecule has 362 valence electrons. The number of carboxylic acid groups (broad SMARTS) is 2. The summed E-state index contributed by atoms with van der Waals surface area (Å²) in [4.78, 5) is 59.1. The van der Waals surface area contributed by atoms with Crippen molar-refractivity contribution in [1.29, 1.82) is 0 Å². The van der Waals surface area contributed by atoms with Crippen molar-refractivity contribution >= 4 is 47.0 Å². The third kappa shape index (κ3) is 14.2. The second-order valence-corrected chi connectivity index (χ2v) is 19.2. The van der Waals surface area contributed by atoms with E-state index in [1.165, 1.54) is 23.5 Å². The van der Waals surface area contributed by atoms with Gasteiger partial charge < -0.3 is 29.2 Å². The van der Waals surface area contributed by atoms with Crippen LogP contribution in [0.1, 0.15) is 71.4 Å². The molecule has 4 aromatic carbocycles. The van der Waals surface area contributed by atoms with Gasteiger partial charge >= 0.3 is 11.9 Å². The summed E-state index contributed by atoms with van der Waals surface area (Å²) in [6.07, 6.45) is 7.09. The molecule has 4 aromatic rings. The van der Waals surface area contributed by atoms with Crippen molar-refractivity contribution in [2.75, 3.05) is 70.7 Å². The molecular formula is C54H64N2O10S2. The molecule has 0 saturated carbocycles. The molecule has 2 aliphatic rings. The third-order valence-corrected chi connectivity index (χ3v) is 14.3. The summed E-state index contributed by atoms with van der Waals surface area (Å²) in [7, 11) is 0. The van der Waals surface area contributed by atoms with Crippen molar-refractivity contribution in [1.82, 2.24) is 9.80 Å². The Morgan fingerprint density at radius 2 is 1.25 bits per heavy atom. The number of ether oxygens (including phenoxy) is 4. The molecule has 2 unspecified atom stereocenters. The van der Waals surface area contributed by atoms with Crippen LogP contribution in [0.4, 0.5) is 0 Å². The van der Waals surface area contributed by atoms with Gasteiger partial charge in [-0.05, 0) is 99.2 Å². The van der Waals surface area contributed by atoms with Gasteiger partial charge in [0.05, 0.1) is 63.1 Å². The fraction of sp³-hybridized carbons (Fsp3) is 0.407. The SMILES string of the molecule is C=CC[C@@](C/C=C/C1CN(C(Cc2ccc(OCC)cc2)(Cc2cccc(OCC)c2)C(=O)c2ccc(SCCC(=O)O)cc2)CCO1)(C(=O)c1ccc(SCCC(=O)O)cc1)N1CCOCC1. The maximum atomic E-state index is 15.6. The van der Waals surface area contributed by atoms with Gasteiger partial charge in [0.1, 0.15) is 11.5 Å². The molecule has 0 amide bonds. The van der Waals surface area contributed by atoms with Crippen LogP contribution in [0.15, 0.2) is 132 Å². The topological polar surface area (TPSA) is 152 Å². The summed E-state index contributed by atoms with van der Waals surface area (Å²) in [5.74, 6) is 0.543. The van der Waals surface area contributed by atoms with E-state index in [0.717, 1.165) is 32.4 Å². The maximum Gasteiger partial charge on any atom is 0.304 e. The molecule has 2 N–H and O–H groups in total. The van der Waals surface area contributed by atoms with Crippen molar-refractivity contribution < 1.29 is 48.3 Å². The Kier molecular flexibility index (Phi) is 19.9. The minimum atomic E-state index is -1.10. The van der Waals surface area contributed by atoms with Crippen LogP contribution in [0.25, 0.3) is 0 Å². The van der Waals surface area contributed by atoms with Crippen molar-refractivity contribution in [3.05, 3.63) is 144 Å². The number of hydrogen-bond donors (Lipinski definition) is 2. The first kappa shape index (κ1) is 52.2. The molecule has 0 aliphatic carbocycles. The number of benzene rings is 4. The second-order valence-electron chi connectivity index (χ2n) is 16.8. The number of thioether (sulfide) groups is 2. The molecule has 12 nitrogen and oxygen atoms in total. The zero-order valence-electron chi connectivity index (χ0n) is 39.1. The number of carbonyl (C=O) groups is 4. The van der Waals surface area contributed by atoms with Crippen molar-refractivity contribution in [2.45, 2.75) is 79.3 Å². The van der Waals surface area contributed by atoms with Gasteiger partial charge in [-0.3, -0.25) is 29.0 Å². The highest BCUT2D eigenvalue weighted by molar-refractivity contribution is 7.99. The number of morpholine rings is 2. The Morgan fingerprint density at radius 1 is 0.691 bits per heavy atom. The Bertz CT molecular complexity index is 2320. The van der Waals surface area contributed by atoms with Crippen LogP contribution in [-0.4, -0.2) is 131 Å².